The lowest BCUT2D eigenvalue weighted by Crippen LogP contribution is -2.53. The molecule has 1 N–H and O–H groups in total. The minimum atomic E-state index is -1.10. The van der Waals surface area contributed by atoms with Crippen LogP contribution in [0, 0.1) is 5.82 Å². The lowest BCUT2D eigenvalue weighted by Gasteiger charge is -2.34. The molecule has 27 heavy (non-hydrogen) atoms. The number of benzene rings is 1. The fourth-order valence-corrected chi connectivity index (χ4v) is 2.99. The Balaban J connectivity index is 1.51. The molecule has 1 aliphatic rings. The van der Waals surface area contributed by atoms with Crippen LogP contribution in [0.5, 0.6) is 5.75 Å². The maximum Gasteiger partial charge on any atom is 0.289 e. The van der Waals surface area contributed by atoms with Gasteiger partial charge in [0.25, 0.3) is 11.8 Å². The van der Waals surface area contributed by atoms with Crippen molar-refractivity contribution in [3.05, 3.63) is 54.2 Å². The molecule has 0 spiro atoms. The monoisotopic (exact) mass is 374 g/mol. The third-order valence-corrected chi connectivity index (χ3v) is 4.58. The summed E-state index contributed by atoms with van der Waals surface area (Å²) in [5.41, 5.74) is -1.10. The molecule has 2 amide bonds. The number of amides is 2. The quantitative estimate of drug-likeness (QED) is 0.873. The van der Waals surface area contributed by atoms with Gasteiger partial charge in [-0.1, -0.05) is 0 Å². The highest BCUT2D eigenvalue weighted by Crippen LogP contribution is 2.20. The van der Waals surface area contributed by atoms with Gasteiger partial charge in [0.05, 0.1) is 6.26 Å². The molecule has 1 aromatic heterocycles. The summed E-state index contributed by atoms with van der Waals surface area (Å²) in [6, 6.07) is 8.85. The topological polar surface area (TPSA) is 71.8 Å². The smallest absolute Gasteiger partial charge is 0.289 e. The van der Waals surface area contributed by atoms with Crippen LogP contribution in [0.25, 0.3) is 0 Å². The third-order valence-electron chi connectivity index (χ3n) is 4.58. The molecule has 7 heteroatoms. The number of halogens is 1. The summed E-state index contributed by atoms with van der Waals surface area (Å²) in [6.07, 6.45) is 2.79. The standard InChI is InChI=1S/C20H23FN2O4/c1-20(2,27-16-7-5-14(21)6-8-16)19(25)22-15-9-11-23(12-10-15)18(24)17-4-3-13-26-17/h3-8,13,15H,9-12H2,1-2H3,(H,22,25). The number of ether oxygens (including phenoxy) is 1. The van der Waals surface area contributed by atoms with E-state index in [4.69, 9.17) is 9.15 Å². The van der Waals surface area contributed by atoms with Gasteiger partial charge in [-0.3, -0.25) is 9.59 Å². The molecule has 0 radical (unpaired) electrons. The number of hydrogen-bond acceptors (Lipinski definition) is 4. The van der Waals surface area contributed by atoms with Gasteiger partial charge in [0.2, 0.25) is 0 Å². The third kappa shape index (κ3) is 4.67. The van der Waals surface area contributed by atoms with Gasteiger partial charge in [-0.25, -0.2) is 4.39 Å². The van der Waals surface area contributed by atoms with Crippen molar-refractivity contribution in [2.45, 2.75) is 38.3 Å². The zero-order valence-corrected chi connectivity index (χ0v) is 15.4. The Morgan fingerprint density at radius 3 is 2.44 bits per heavy atom. The molecule has 0 atom stereocenters. The lowest BCUT2D eigenvalue weighted by atomic mass is 10.0. The summed E-state index contributed by atoms with van der Waals surface area (Å²) in [5, 5.41) is 2.99. The first-order valence-electron chi connectivity index (χ1n) is 8.93. The van der Waals surface area contributed by atoms with E-state index in [1.54, 1.807) is 30.9 Å². The Labute approximate surface area is 157 Å². The van der Waals surface area contributed by atoms with Crippen molar-refractivity contribution in [2.75, 3.05) is 13.1 Å². The number of piperidine rings is 1. The van der Waals surface area contributed by atoms with Gasteiger partial charge in [0, 0.05) is 19.1 Å². The van der Waals surface area contributed by atoms with E-state index in [0.717, 1.165) is 0 Å². The number of rotatable bonds is 5. The van der Waals surface area contributed by atoms with Crippen LogP contribution in [0.1, 0.15) is 37.2 Å². The molecule has 1 saturated heterocycles. The summed E-state index contributed by atoms with van der Waals surface area (Å²) >= 11 is 0. The minimum absolute atomic E-state index is 0.0331. The molecule has 1 aromatic carbocycles. The summed E-state index contributed by atoms with van der Waals surface area (Å²) in [5.74, 6) is 0.00887. The SMILES string of the molecule is CC(C)(Oc1ccc(F)cc1)C(=O)NC1CCN(C(=O)c2ccco2)CC1. The molecule has 3 rings (SSSR count). The summed E-state index contributed by atoms with van der Waals surface area (Å²) in [4.78, 5) is 26.6. The Bertz CT molecular complexity index is 779. The zero-order valence-electron chi connectivity index (χ0n) is 15.4. The zero-order chi connectivity index (χ0) is 19.4. The normalized spacial score (nSPS) is 15.4. The van der Waals surface area contributed by atoms with Crippen LogP contribution >= 0.6 is 0 Å². The fourth-order valence-electron chi connectivity index (χ4n) is 2.99. The van der Waals surface area contributed by atoms with Crippen LogP contribution < -0.4 is 10.1 Å². The van der Waals surface area contributed by atoms with E-state index in [1.165, 1.54) is 30.5 Å². The molecule has 0 unspecified atom stereocenters. The second-order valence-electron chi connectivity index (χ2n) is 7.08. The van der Waals surface area contributed by atoms with Crippen LogP contribution in [0.2, 0.25) is 0 Å². The van der Waals surface area contributed by atoms with Crippen molar-refractivity contribution in [1.29, 1.82) is 0 Å². The van der Waals surface area contributed by atoms with Crippen LogP contribution in [-0.4, -0.2) is 41.4 Å². The number of nitrogens with zero attached hydrogens (tertiary/aromatic N) is 1. The molecule has 6 nitrogen and oxygen atoms in total. The van der Waals surface area contributed by atoms with E-state index in [1.807, 2.05) is 0 Å². The average molecular weight is 374 g/mol. The molecule has 1 fully saturated rings. The summed E-state index contributed by atoms with van der Waals surface area (Å²) in [6.45, 7) is 4.43. The minimum Gasteiger partial charge on any atom is -0.478 e. The average Bonchev–Trinajstić information content (AvgIpc) is 3.18. The van der Waals surface area contributed by atoms with Gasteiger partial charge in [-0.05, 0) is 63.1 Å². The highest BCUT2D eigenvalue weighted by atomic mass is 19.1. The molecular weight excluding hydrogens is 351 g/mol. The highest BCUT2D eigenvalue weighted by molar-refractivity contribution is 5.91. The van der Waals surface area contributed by atoms with Crippen molar-refractivity contribution >= 4 is 11.8 Å². The van der Waals surface area contributed by atoms with Gasteiger partial charge in [0.15, 0.2) is 11.4 Å². The van der Waals surface area contributed by atoms with E-state index in [9.17, 15) is 14.0 Å². The summed E-state index contributed by atoms with van der Waals surface area (Å²) < 4.78 is 23.9. The molecule has 0 saturated carbocycles. The Kier molecular flexibility index (Phi) is 5.48. The maximum absolute atomic E-state index is 13.0. The second kappa shape index (κ2) is 7.82. The van der Waals surface area contributed by atoms with Crippen LogP contribution in [0.3, 0.4) is 0 Å². The van der Waals surface area contributed by atoms with E-state index in [-0.39, 0.29) is 23.7 Å². The first-order chi connectivity index (χ1) is 12.8. The van der Waals surface area contributed by atoms with Gasteiger partial charge in [-0.15, -0.1) is 0 Å². The van der Waals surface area contributed by atoms with E-state index in [2.05, 4.69) is 5.32 Å². The number of furan rings is 1. The molecule has 2 heterocycles. The molecule has 0 aliphatic carbocycles. The van der Waals surface area contributed by atoms with Gasteiger partial charge >= 0.3 is 0 Å². The Hall–Kier alpha value is -2.83. The molecular formula is C20H23FN2O4. The largest absolute Gasteiger partial charge is 0.478 e. The van der Waals surface area contributed by atoms with E-state index < -0.39 is 5.60 Å². The highest BCUT2D eigenvalue weighted by Gasteiger charge is 2.33. The number of hydrogen-bond donors (Lipinski definition) is 1. The van der Waals surface area contributed by atoms with Crippen molar-refractivity contribution in [3.63, 3.8) is 0 Å². The first kappa shape index (κ1) is 18.9. The number of likely N-dealkylation sites (tertiary alicyclic amines) is 1. The number of carbonyl (C=O) groups excluding carboxylic acids is 2. The predicted molar refractivity (Wildman–Crippen MR) is 96.9 cm³/mol. The lowest BCUT2D eigenvalue weighted by molar-refractivity contribution is -0.135. The Morgan fingerprint density at radius 2 is 1.85 bits per heavy atom. The van der Waals surface area contributed by atoms with E-state index >= 15 is 0 Å². The second-order valence-corrected chi connectivity index (χ2v) is 7.08. The van der Waals surface area contributed by atoms with Gasteiger partial charge in [-0.2, -0.15) is 0 Å². The fraction of sp³-hybridized carbons (Fsp3) is 0.400. The number of nitrogens with one attached hydrogen (secondary N) is 1. The number of carbonyl (C=O) groups is 2. The molecule has 1 aliphatic heterocycles. The van der Waals surface area contributed by atoms with Crippen LogP contribution in [0.4, 0.5) is 4.39 Å². The molecule has 0 bridgehead atoms. The van der Waals surface area contributed by atoms with Crippen LogP contribution in [-0.2, 0) is 4.79 Å². The maximum atomic E-state index is 13.0. The van der Waals surface area contributed by atoms with Crippen molar-refractivity contribution in [3.8, 4) is 5.75 Å². The first-order valence-corrected chi connectivity index (χ1v) is 8.93. The van der Waals surface area contributed by atoms with Crippen LogP contribution in [0.15, 0.2) is 47.1 Å². The predicted octanol–water partition coefficient (Wildman–Crippen LogP) is 3.00. The van der Waals surface area contributed by atoms with Crippen molar-refractivity contribution < 1.29 is 23.1 Å². The van der Waals surface area contributed by atoms with Gasteiger partial charge < -0.3 is 19.4 Å². The van der Waals surface area contributed by atoms with Crippen molar-refractivity contribution in [1.82, 2.24) is 10.2 Å². The van der Waals surface area contributed by atoms with E-state index in [0.29, 0.717) is 37.4 Å². The van der Waals surface area contributed by atoms with Gasteiger partial charge in [0.1, 0.15) is 11.6 Å². The summed E-state index contributed by atoms with van der Waals surface area (Å²) in [7, 11) is 0. The van der Waals surface area contributed by atoms with Crippen molar-refractivity contribution in [2.24, 2.45) is 0 Å². The molecule has 144 valence electrons. The molecule has 2 aromatic rings. The Morgan fingerprint density at radius 1 is 1.19 bits per heavy atom.